The van der Waals surface area contributed by atoms with Crippen molar-refractivity contribution in [3.63, 3.8) is 0 Å². The lowest BCUT2D eigenvalue weighted by molar-refractivity contribution is -0.141. The van der Waals surface area contributed by atoms with Gasteiger partial charge in [-0.15, -0.1) is 4.91 Å². The highest BCUT2D eigenvalue weighted by atomic mass is 16.4. The third-order valence-corrected chi connectivity index (χ3v) is 2.84. The van der Waals surface area contributed by atoms with E-state index in [9.17, 15) is 24.1 Å². The van der Waals surface area contributed by atoms with Crippen LogP contribution in [0.1, 0.15) is 12.8 Å². The second-order valence-electron chi connectivity index (χ2n) is 4.72. The van der Waals surface area contributed by atoms with Gasteiger partial charge in [-0.2, -0.15) is 0 Å². The molecule has 0 aromatic heterocycles. The van der Waals surface area contributed by atoms with E-state index in [1.54, 1.807) is 0 Å². The zero-order chi connectivity index (χ0) is 17.8. The Bertz CT molecular complexity index is 454. The van der Waals surface area contributed by atoms with Crippen LogP contribution in [0.2, 0.25) is 0 Å². The molecule has 0 atom stereocenters. The second kappa shape index (κ2) is 11.2. The van der Waals surface area contributed by atoms with Crippen LogP contribution in [0.4, 0.5) is 0 Å². The van der Waals surface area contributed by atoms with Gasteiger partial charge >= 0.3 is 17.9 Å². The number of hydrogen-bond acceptors (Lipinski definition) is 7. The van der Waals surface area contributed by atoms with Gasteiger partial charge in [0, 0.05) is 31.4 Å². The van der Waals surface area contributed by atoms with Crippen molar-refractivity contribution in [2.24, 2.45) is 5.18 Å². The van der Waals surface area contributed by atoms with Gasteiger partial charge in [-0.25, -0.2) is 0 Å². The van der Waals surface area contributed by atoms with Crippen molar-refractivity contribution in [1.82, 2.24) is 9.80 Å². The summed E-state index contributed by atoms with van der Waals surface area (Å²) in [6.07, 6.45) is -0.516. The highest BCUT2D eigenvalue weighted by Gasteiger charge is 2.16. The summed E-state index contributed by atoms with van der Waals surface area (Å²) in [5.74, 6) is -4.28. The molecule has 0 rings (SSSR count). The molecule has 0 saturated heterocycles. The van der Waals surface area contributed by atoms with Crippen LogP contribution in [0.3, 0.4) is 0 Å². The number of nitroso groups, excluding NO2 is 1. The van der Waals surface area contributed by atoms with Gasteiger partial charge in [0.1, 0.15) is 0 Å². The molecule has 23 heavy (non-hydrogen) atoms. The molecule has 0 spiro atoms. The maximum absolute atomic E-state index is 11.1. The van der Waals surface area contributed by atoms with Crippen LogP contribution in [0.15, 0.2) is 5.18 Å². The van der Waals surface area contributed by atoms with E-state index in [4.69, 9.17) is 15.3 Å². The molecule has 1 amide bonds. The first kappa shape index (κ1) is 20.6. The summed E-state index contributed by atoms with van der Waals surface area (Å²) in [4.78, 5) is 55.8. The normalized spacial score (nSPS) is 10.7. The Labute approximate surface area is 131 Å². The SMILES string of the molecule is O=NC(=O)CN(CCC(=O)O)CCN(CCC(=O)O)CC(=O)O. The molecule has 0 aliphatic heterocycles. The molecule has 0 aromatic rings. The molecule has 3 N–H and O–H groups in total. The van der Waals surface area contributed by atoms with Crippen molar-refractivity contribution in [1.29, 1.82) is 0 Å². The molecule has 0 aromatic carbocycles. The largest absolute Gasteiger partial charge is 0.481 e. The summed E-state index contributed by atoms with van der Waals surface area (Å²) in [7, 11) is 0. The van der Waals surface area contributed by atoms with E-state index < -0.39 is 23.8 Å². The zero-order valence-electron chi connectivity index (χ0n) is 12.4. The fraction of sp³-hybridized carbons (Fsp3) is 0.667. The first-order valence-electron chi connectivity index (χ1n) is 6.71. The van der Waals surface area contributed by atoms with E-state index in [2.05, 4.69) is 5.18 Å². The summed E-state index contributed by atoms with van der Waals surface area (Å²) < 4.78 is 0. The third kappa shape index (κ3) is 11.9. The number of hydrogen-bond donors (Lipinski definition) is 3. The van der Waals surface area contributed by atoms with Crippen LogP contribution in [-0.4, -0.2) is 88.2 Å². The fourth-order valence-corrected chi connectivity index (χ4v) is 1.74. The average Bonchev–Trinajstić information content (AvgIpc) is 2.45. The molecule has 11 nitrogen and oxygen atoms in total. The van der Waals surface area contributed by atoms with Gasteiger partial charge in [-0.05, 0) is 0 Å². The number of aliphatic carboxylic acids is 3. The van der Waals surface area contributed by atoms with E-state index in [0.717, 1.165) is 0 Å². The minimum atomic E-state index is -1.14. The maximum Gasteiger partial charge on any atom is 0.317 e. The number of carbonyl (C=O) groups excluding carboxylic acids is 1. The molecule has 0 fully saturated rings. The predicted octanol–water partition coefficient (Wildman–Crippen LogP) is -1.08. The van der Waals surface area contributed by atoms with Gasteiger partial charge in [0.2, 0.25) is 0 Å². The molecule has 0 unspecified atom stereocenters. The highest BCUT2D eigenvalue weighted by Crippen LogP contribution is 1.98. The first-order valence-corrected chi connectivity index (χ1v) is 6.71. The lowest BCUT2D eigenvalue weighted by atomic mass is 10.3. The summed E-state index contributed by atoms with van der Waals surface area (Å²) in [5.41, 5.74) is 0. The third-order valence-electron chi connectivity index (χ3n) is 2.84. The Hall–Kier alpha value is -2.40. The van der Waals surface area contributed by atoms with Gasteiger partial charge in [0.05, 0.1) is 25.9 Å². The van der Waals surface area contributed by atoms with Crippen LogP contribution in [0.25, 0.3) is 0 Å². The van der Waals surface area contributed by atoms with E-state index in [1.807, 2.05) is 0 Å². The van der Waals surface area contributed by atoms with Crippen LogP contribution in [0.5, 0.6) is 0 Å². The topological polar surface area (TPSA) is 165 Å². The lowest BCUT2D eigenvalue weighted by Gasteiger charge is -2.25. The molecule has 11 heteroatoms. The van der Waals surface area contributed by atoms with Gasteiger partial charge in [-0.1, -0.05) is 0 Å². The van der Waals surface area contributed by atoms with Crippen molar-refractivity contribution < 1.29 is 34.5 Å². The molecular formula is C12H19N3O8. The van der Waals surface area contributed by atoms with Crippen LogP contribution in [-0.2, 0) is 19.2 Å². The Balaban J connectivity index is 4.60. The first-order chi connectivity index (χ1) is 10.7. The van der Waals surface area contributed by atoms with Gasteiger partial charge in [0.25, 0.3) is 5.91 Å². The molecule has 0 heterocycles. The quantitative estimate of drug-likeness (QED) is 0.353. The average molecular weight is 333 g/mol. The molecule has 0 saturated carbocycles. The number of nitrogens with zero attached hydrogens (tertiary/aromatic N) is 3. The summed E-state index contributed by atoms with van der Waals surface area (Å²) >= 11 is 0. The molecular weight excluding hydrogens is 314 g/mol. The fourth-order valence-electron chi connectivity index (χ4n) is 1.74. The van der Waals surface area contributed by atoms with Crippen LogP contribution in [0, 0.1) is 4.91 Å². The maximum atomic E-state index is 11.1. The standard InChI is InChI=1S/C12H19N3O8/c16-9(13-23)7-14(3-1-10(17)18)5-6-15(8-12(21)22)4-2-11(19)20/h1-8H2,(H,17,18)(H,19,20)(H,21,22). The smallest absolute Gasteiger partial charge is 0.317 e. The predicted molar refractivity (Wildman–Crippen MR) is 75.8 cm³/mol. The number of rotatable bonds is 13. The summed E-state index contributed by atoms with van der Waals surface area (Å²) in [6.45, 7) is -0.589. The van der Waals surface area contributed by atoms with Gasteiger partial charge in [-0.3, -0.25) is 29.0 Å². The monoisotopic (exact) mass is 333 g/mol. The molecule has 0 bridgehead atoms. The Morgan fingerprint density at radius 3 is 1.48 bits per heavy atom. The number of carboxylic acids is 3. The van der Waals surface area contributed by atoms with E-state index >= 15 is 0 Å². The minimum Gasteiger partial charge on any atom is -0.481 e. The van der Waals surface area contributed by atoms with Crippen LogP contribution >= 0.6 is 0 Å². The van der Waals surface area contributed by atoms with Gasteiger partial charge < -0.3 is 15.3 Å². The number of carbonyl (C=O) groups is 4. The second-order valence-corrected chi connectivity index (χ2v) is 4.72. The van der Waals surface area contributed by atoms with E-state index in [-0.39, 0.29) is 52.1 Å². The van der Waals surface area contributed by atoms with Crippen LogP contribution < -0.4 is 0 Å². The summed E-state index contributed by atoms with van der Waals surface area (Å²) in [6, 6.07) is 0. The molecule has 0 aliphatic carbocycles. The minimum absolute atomic E-state index is 0.00567. The van der Waals surface area contributed by atoms with E-state index in [1.165, 1.54) is 9.80 Å². The molecule has 130 valence electrons. The van der Waals surface area contributed by atoms with E-state index in [0.29, 0.717) is 0 Å². The van der Waals surface area contributed by atoms with Crippen molar-refractivity contribution in [3.05, 3.63) is 4.91 Å². The Morgan fingerprint density at radius 2 is 1.13 bits per heavy atom. The molecule has 0 aliphatic rings. The Morgan fingerprint density at radius 1 is 0.696 bits per heavy atom. The highest BCUT2D eigenvalue weighted by molar-refractivity contribution is 5.78. The summed E-state index contributed by atoms with van der Waals surface area (Å²) in [5, 5.41) is 28.3. The molecule has 0 radical (unpaired) electrons. The Kier molecular flexibility index (Phi) is 10.0. The van der Waals surface area contributed by atoms with Crippen molar-refractivity contribution in [3.8, 4) is 0 Å². The number of carboxylic acid groups (broad SMARTS) is 3. The van der Waals surface area contributed by atoms with Gasteiger partial charge in [0.15, 0.2) is 0 Å². The lowest BCUT2D eigenvalue weighted by Crippen LogP contribution is -2.41. The zero-order valence-corrected chi connectivity index (χ0v) is 12.4. The van der Waals surface area contributed by atoms with Crippen molar-refractivity contribution in [2.75, 3.05) is 39.3 Å². The van der Waals surface area contributed by atoms with Crippen molar-refractivity contribution >= 4 is 23.8 Å². The number of amides is 1. The van der Waals surface area contributed by atoms with Crippen molar-refractivity contribution in [2.45, 2.75) is 12.8 Å².